The molecule has 7 nitrogen and oxygen atoms in total. The molecule has 0 spiro atoms. The molecule has 0 aromatic heterocycles. The van der Waals surface area contributed by atoms with Crippen LogP contribution in [0, 0.1) is 0 Å². The quantitative estimate of drug-likeness (QED) is 0.727. The lowest BCUT2D eigenvalue weighted by Crippen LogP contribution is -2.29. The van der Waals surface area contributed by atoms with E-state index in [1.54, 1.807) is 19.2 Å². The SMILES string of the molecule is COc1cc(C(=O)N(C)CCC(=O)O)cc(OC)c1OCc1ccccc1. The van der Waals surface area contributed by atoms with Gasteiger partial charge in [0.2, 0.25) is 5.75 Å². The highest BCUT2D eigenvalue weighted by Gasteiger charge is 2.20. The molecule has 2 aromatic carbocycles. The Morgan fingerprint density at radius 3 is 2.15 bits per heavy atom. The summed E-state index contributed by atoms with van der Waals surface area (Å²) in [6, 6.07) is 12.8. The second kappa shape index (κ2) is 9.47. The van der Waals surface area contributed by atoms with Crippen LogP contribution in [0.3, 0.4) is 0 Å². The van der Waals surface area contributed by atoms with Crippen LogP contribution in [0.4, 0.5) is 0 Å². The van der Waals surface area contributed by atoms with Gasteiger partial charge in [-0.2, -0.15) is 0 Å². The second-order valence-electron chi connectivity index (χ2n) is 5.85. The van der Waals surface area contributed by atoms with Crippen molar-refractivity contribution in [3.05, 3.63) is 53.6 Å². The predicted octanol–water partition coefficient (Wildman–Crippen LogP) is 2.83. The van der Waals surface area contributed by atoms with E-state index in [9.17, 15) is 9.59 Å². The molecular formula is C20H23NO6. The Morgan fingerprint density at radius 2 is 1.63 bits per heavy atom. The molecule has 0 bridgehead atoms. The van der Waals surface area contributed by atoms with E-state index in [0.29, 0.717) is 29.4 Å². The van der Waals surface area contributed by atoms with Crippen molar-refractivity contribution in [3.8, 4) is 17.2 Å². The topological polar surface area (TPSA) is 85.3 Å². The monoisotopic (exact) mass is 373 g/mol. The first-order valence-corrected chi connectivity index (χ1v) is 8.36. The van der Waals surface area contributed by atoms with Crippen LogP contribution in [0.25, 0.3) is 0 Å². The summed E-state index contributed by atoms with van der Waals surface area (Å²) < 4.78 is 16.6. The number of carbonyl (C=O) groups is 2. The standard InChI is InChI=1S/C20H23NO6/c1-21(10-9-18(22)23)20(24)15-11-16(25-2)19(17(12-15)26-3)27-13-14-7-5-4-6-8-14/h4-8,11-12H,9-10,13H2,1-3H3,(H,22,23). The van der Waals surface area contributed by atoms with Crippen molar-refractivity contribution in [3.63, 3.8) is 0 Å². The molecule has 0 aliphatic carbocycles. The predicted molar refractivity (Wildman–Crippen MR) is 99.5 cm³/mol. The lowest BCUT2D eigenvalue weighted by molar-refractivity contribution is -0.137. The van der Waals surface area contributed by atoms with Gasteiger partial charge < -0.3 is 24.2 Å². The van der Waals surface area contributed by atoms with E-state index in [-0.39, 0.29) is 18.9 Å². The number of amides is 1. The van der Waals surface area contributed by atoms with Gasteiger partial charge in [-0.05, 0) is 17.7 Å². The van der Waals surface area contributed by atoms with Crippen LogP contribution in [0.2, 0.25) is 0 Å². The molecule has 2 rings (SSSR count). The maximum absolute atomic E-state index is 12.6. The molecule has 144 valence electrons. The number of aliphatic carboxylic acids is 1. The Labute approximate surface area is 158 Å². The van der Waals surface area contributed by atoms with Crippen molar-refractivity contribution in [1.82, 2.24) is 4.90 Å². The van der Waals surface area contributed by atoms with Crippen LogP contribution in [0.1, 0.15) is 22.3 Å². The summed E-state index contributed by atoms with van der Waals surface area (Å²) in [5, 5.41) is 8.77. The van der Waals surface area contributed by atoms with E-state index in [1.165, 1.54) is 19.1 Å². The number of carboxylic acids is 1. The third-order valence-corrected chi connectivity index (χ3v) is 3.94. The molecule has 2 aromatic rings. The number of carbonyl (C=O) groups excluding carboxylic acids is 1. The third kappa shape index (κ3) is 5.37. The molecule has 1 N–H and O–H groups in total. The smallest absolute Gasteiger partial charge is 0.305 e. The lowest BCUT2D eigenvalue weighted by atomic mass is 10.1. The number of methoxy groups -OCH3 is 2. The van der Waals surface area contributed by atoms with Crippen LogP contribution in [-0.4, -0.2) is 49.7 Å². The summed E-state index contributed by atoms with van der Waals surface area (Å²) in [7, 11) is 4.50. The Kier molecular flexibility index (Phi) is 7.05. The van der Waals surface area contributed by atoms with Crippen molar-refractivity contribution in [1.29, 1.82) is 0 Å². The minimum atomic E-state index is -0.963. The highest BCUT2D eigenvalue weighted by Crippen LogP contribution is 2.39. The van der Waals surface area contributed by atoms with Gasteiger partial charge in [0.15, 0.2) is 11.5 Å². The maximum atomic E-state index is 12.6. The summed E-state index contributed by atoms with van der Waals surface area (Å²) in [6.45, 7) is 0.421. The summed E-state index contributed by atoms with van der Waals surface area (Å²) >= 11 is 0. The highest BCUT2D eigenvalue weighted by molar-refractivity contribution is 5.95. The van der Waals surface area contributed by atoms with Gasteiger partial charge in [-0.3, -0.25) is 9.59 Å². The fraction of sp³-hybridized carbons (Fsp3) is 0.300. The van der Waals surface area contributed by atoms with E-state index in [4.69, 9.17) is 19.3 Å². The molecule has 0 aliphatic heterocycles. The summed E-state index contributed by atoms with van der Waals surface area (Å²) in [5.74, 6) is -0.175. The maximum Gasteiger partial charge on any atom is 0.305 e. The van der Waals surface area contributed by atoms with Gasteiger partial charge in [0.05, 0.1) is 20.6 Å². The number of ether oxygens (including phenoxy) is 3. The molecule has 0 radical (unpaired) electrons. The molecule has 0 heterocycles. The Hall–Kier alpha value is -3.22. The zero-order chi connectivity index (χ0) is 19.8. The van der Waals surface area contributed by atoms with Crippen LogP contribution in [0.5, 0.6) is 17.2 Å². The Bertz CT molecular complexity index is 765. The molecular weight excluding hydrogens is 350 g/mol. The van der Waals surface area contributed by atoms with Crippen molar-refractivity contribution in [2.24, 2.45) is 0 Å². The van der Waals surface area contributed by atoms with E-state index >= 15 is 0 Å². The van der Waals surface area contributed by atoms with Crippen LogP contribution >= 0.6 is 0 Å². The van der Waals surface area contributed by atoms with Crippen molar-refractivity contribution < 1.29 is 28.9 Å². The first kappa shape index (κ1) is 20.1. The van der Waals surface area contributed by atoms with E-state index in [1.807, 2.05) is 30.3 Å². The molecule has 0 saturated heterocycles. The normalized spacial score (nSPS) is 10.2. The lowest BCUT2D eigenvalue weighted by Gasteiger charge is -2.19. The van der Waals surface area contributed by atoms with Crippen molar-refractivity contribution in [2.45, 2.75) is 13.0 Å². The van der Waals surface area contributed by atoms with Crippen molar-refractivity contribution in [2.75, 3.05) is 27.8 Å². The first-order chi connectivity index (χ1) is 13.0. The number of nitrogens with zero attached hydrogens (tertiary/aromatic N) is 1. The summed E-state index contributed by atoms with van der Waals surface area (Å²) in [5.41, 5.74) is 1.30. The first-order valence-electron chi connectivity index (χ1n) is 8.36. The van der Waals surface area contributed by atoms with Gasteiger partial charge in [0.25, 0.3) is 5.91 Å². The van der Waals surface area contributed by atoms with Gasteiger partial charge >= 0.3 is 5.97 Å². The number of benzene rings is 2. The minimum Gasteiger partial charge on any atom is -0.493 e. The van der Waals surface area contributed by atoms with Gasteiger partial charge in [-0.15, -0.1) is 0 Å². The second-order valence-corrected chi connectivity index (χ2v) is 5.85. The summed E-state index contributed by atoms with van der Waals surface area (Å²) in [4.78, 5) is 24.6. The molecule has 0 atom stereocenters. The molecule has 0 saturated carbocycles. The minimum absolute atomic E-state index is 0.102. The van der Waals surface area contributed by atoms with Gasteiger partial charge in [-0.1, -0.05) is 30.3 Å². The van der Waals surface area contributed by atoms with E-state index in [0.717, 1.165) is 5.56 Å². The third-order valence-electron chi connectivity index (χ3n) is 3.94. The van der Waals surface area contributed by atoms with Crippen LogP contribution in [-0.2, 0) is 11.4 Å². The highest BCUT2D eigenvalue weighted by atomic mass is 16.5. The molecule has 0 unspecified atom stereocenters. The van der Waals surface area contributed by atoms with E-state index < -0.39 is 5.97 Å². The zero-order valence-corrected chi connectivity index (χ0v) is 15.6. The van der Waals surface area contributed by atoms with Gasteiger partial charge in [0, 0.05) is 19.2 Å². The number of rotatable bonds is 9. The molecule has 1 amide bonds. The number of carboxylic acid groups (broad SMARTS) is 1. The van der Waals surface area contributed by atoms with E-state index in [2.05, 4.69) is 0 Å². The zero-order valence-electron chi connectivity index (χ0n) is 15.6. The number of hydrogen-bond donors (Lipinski definition) is 1. The number of hydrogen-bond acceptors (Lipinski definition) is 5. The molecule has 27 heavy (non-hydrogen) atoms. The average molecular weight is 373 g/mol. The Balaban J connectivity index is 2.24. The fourth-order valence-corrected chi connectivity index (χ4v) is 2.46. The molecule has 7 heteroatoms. The fourth-order valence-electron chi connectivity index (χ4n) is 2.46. The molecule has 0 aliphatic rings. The van der Waals surface area contributed by atoms with Gasteiger partial charge in [-0.25, -0.2) is 0 Å². The molecule has 0 fully saturated rings. The Morgan fingerprint density at radius 1 is 1.04 bits per heavy atom. The van der Waals surface area contributed by atoms with Crippen LogP contribution < -0.4 is 14.2 Å². The van der Waals surface area contributed by atoms with Gasteiger partial charge in [0.1, 0.15) is 6.61 Å². The average Bonchev–Trinajstić information content (AvgIpc) is 2.69. The van der Waals surface area contributed by atoms with Crippen molar-refractivity contribution >= 4 is 11.9 Å². The largest absolute Gasteiger partial charge is 0.493 e. The summed E-state index contributed by atoms with van der Waals surface area (Å²) in [6.07, 6.45) is -0.130. The van der Waals surface area contributed by atoms with Crippen LogP contribution in [0.15, 0.2) is 42.5 Å².